The summed E-state index contributed by atoms with van der Waals surface area (Å²) in [4.78, 5) is 0. The number of piperidine rings is 1. The first-order valence-corrected chi connectivity index (χ1v) is 8.38. The number of hydrogen-bond donors (Lipinski definition) is 3. The number of nitrogen functional groups attached to an aromatic ring is 1. The Kier molecular flexibility index (Phi) is 7.94. The molecule has 3 nitrogen and oxygen atoms in total. The fourth-order valence-corrected chi connectivity index (χ4v) is 2.76. The maximum atomic E-state index is 5.88. The van der Waals surface area contributed by atoms with E-state index in [0.717, 1.165) is 25.3 Å². The summed E-state index contributed by atoms with van der Waals surface area (Å²) in [5.74, 6) is 0.690. The van der Waals surface area contributed by atoms with Crippen LogP contribution in [0.4, 0.5) is 5.69 Å². The average molecular weight is 281 g/mol. The van der Waals surface area contributed by atoms with Crippen LogP contribution in [0.15, 0.2) is 18.2 Å². The van der Waals surface area contributed by atoms with Crippen molar-refractivity contribution in [3.05, 3.63) is 29.3 Å². The molecule has 1 heterocycles. The standard InChI is InChI=1S/C13H21N3S.C2H6/c1-17-16-9-11-8-12(14)2-3-13(11)10-4-6-15-7-5-10;1-2/h2-3,8,10,15-16H,4-7,9,14H2,1H3;1-2H3. The van der Waals surface area contributed by atoms with Crippen molar-refractivity contribution in [2.75, 3.05) is 25.1 Å². The summed E-state index contributed by atoms with van der Waals surface area (Å²) < 4.78 is 3.32. The summed E-state index contributed by atoms with van der Waals surface area (Å²) >= 11 is 1.65. The topological polar surface area (TPSA) is 50.1 Å². The molecule has 0 spiro atoms. The van der Waals surface area contributed by atoms with Gasteiger partial charge in [-0.1, -0.05) is 31.9 Å². The molecule has 1 fully saturated rings. The van der Waals surface area contributed by atoms with Crippen LogP contribution < -0.4 is 15.8 Å². The molecule has 4 heteroatoms. The molecule has 108 valence electrons. The molecule has 19 heavy (non-hydrogen) atoms. The largest absolute Gasteiger partial charge is 0.399 e. The highest BCUT2D eigenvalue weighted by molar-refractivity contribution is 7.96. The van der Waals surface area contributed by atoms with E-state index in [1.54, 1.807) is 11.9 Å². The van der Waals surface area contributed by atoms with Crippen LogP contribution in [0.2, 0.25) is 0 Å². The summed E-state index contributed by atoms with van der Waals surface area (Å²) in [6, 6.07) is 6.35. The van der Waals surface area contributed by atoms with Crippen LogP contribution in [-0.2, 0) is 6.54 Å². The lowest BCUT2D eigenvalue weighted by Crippen LogP contribution is -2.27. The number of nitrogens with two attached hydrogens (primary N) is 1. The highest BCUT2D eigenvalue weighted by atomic mass is 32.2. The predicted octanol–water partition coefficient (Wildman–Crippen LogP) is 3.13. The minimum absolute atomic E-state index is 0.690. The number of anilines is 1. The average Bonchev–Trinajstić information content (AvgIpc) is 2.48. The van der Waals surface area contributed by atoms with Crippen LogP contribution in [0, 0.1) is 0 Å². The molecule has 1 saturated heterocycles. The molecule has 1 aromatic rings. The Morgan fingerprint density at radius 3 is 2.63 bits per heavy atom. The molecule has 0 radical (unpaired) electrons. The Hall–Kier alpha value is -0.710. The van der Waals surface area contributed by atoms with Crippen LogP contribution in [0.25, 0.3) is 0 Å². The molecule has 0 saturated carbocycles. The van der Waals surface area contributed by atoms with E-state index in [1.165, 1.54) is 24.0 Å². The van der Waals surface area contributed by atoms with E-state index in [0.29, 0.717) is 5.92 Å². The van der Waals surface area contributed by atoms with Gasteiger partial charge in [0.1, 0.15) is 0 Å². The molecular formula is C15H27N3S. The van der Waals surface area contributed by atoms with Crippen molar-refractivity contribution >= 4 is 17.6 Å². The molecule has 4 N–H and O–H groups in total. The first kappa shape index (κ1) is 16.3. The lowest BCUT2D eigenvalue weighted by Gasteiger charge is -2.25. The van der Waals surface area contributed by atoms with Crippen molar-refractivity contribution in [2.24, 2.45) is 0 Å². The van der Waals surface area contributed by atoms with Gasteiger partial charge in [0.05, 0.1) is 0 Å². The highest BCUT2D eigenvalue weighted by Gasteiger charge is 2.17. The van der Waals surface area contributed by atoms with E-state index in [9.17, 15) is 0 Å². The monoisotopic (exact) mass is 281 g/mol. The van der Waals surface area contributed by atoms with E-state index < -0.39 is 0 Å². The molecule has 1 aromatic carbocycles. The van der Waals surface area contributed by atoms with E-state index in [-0.39, 0.29) is 0 Å². The Morgan fingerprint density at radius 2 is 2.00 bits per heavy atom. The second kappa shape index (κ2) is 9.23. The third-order valence-corrected chi connectivity index (χ3v) is 3.79. The predicted molar refractivity (Wildman–Crippen MR) is 87.4 cm³/mol. The van der Waals surface area contributed by atoms with Gasteiger partial charge in [0.25, 0.3) is 0 Å². The van der Waals surface area contributed by atoms with Crippen LogP contribution in [0.1, 0.15) is 43.7 Å². The summed E-state index contributed by atoms with van der Waals surface area (Å²) in [7, 11) is 0. The Labute approximate surface area is 121 Å². The first-order chi connectivity index (χ1) is 9.31. The van der Waals surface area contributed by atoms with E-state index in [1.807, 2.05) is 19.9 Å². The summed E-state index contributed by atoms with van der Waals surface area (Å²) in [6.07, 6.45) is 4.52. The van der Waals surface area contributed by atoms with Crippen molar-refractivity contribution in [3.8, 4) is 0 Å². The van der Waals surface area contributed by atoms with E-state index in [4.69, 9.17) is 5.73 Å². The van der Waals surface area contributed by atoms with Gasteiger partial charge < -0.3 is 11.1 Å². The van der Waals surface area contributed by atoms with Gasteiger partial charge >= 0.3 is 0 Å². The normalized spacial score (nSPS) is 15.7. The summed E-state index contributed by atoms with van der Waals surface area (Å²) in [5.41, 5.74) is 9.57. The second-order valence-electron chi connectivity index (χ2n) is 4.51. The van der Waals surface area contributed by atoms with Crippen molar-refractivity contribution in [1.82, 2.24) is 10.0 Å². The number of benzene rings is 1. The van der Waals surface area contributed by atoms with Crippen molar-refractivity contribution in [2.45, 2.75) is 39.2 Å². The third kappa shape index (κ3) is 5.05. The van der Waals surface area contributed by atoms with Gasteiger partial charge in [-0.05, 0) is 61.4 Å². The zero-order valence-electron chi connectivity index (χ0n) is 12.3. The fourth-order valence-electron chi connectivity index (χ4n) is 2.46. The number of hydrogen-bond acceptors (Lipinski definition) is 4. The van der Waals surface area contributed by atoms with Crippen molar-refractivity contribution in [3.63, 3.8) is 0 Å². The summed E-state index contributed by atoms with van der Waals surface area (Å²) in [6.45, 7) is 7.15. The zero-order chi connectivity index (χ0) is 14.1. The molecule has 1 aliphatic heterocycles. The smallest absolute Gasteiger partial charge is 0.0317 e. The lowest BCUT2D eigenvalue weighted by atomic mass is 9.87. The third-order valence-electron chi connectivity index (χ3n) is 3.35. The Morgan fingerprint density at radius 1 is 1.32 bits per heavy atom. The SMILES string of the molecule is CC.CSNCc1cc(N)ccc1C1CCNCC1. The Bertz CT molecular complexity index is 362. The molecule has 0 aliphatic carbocycles. The van der Waals surface area contributed by atoms with Crippen molar-refractivity contribution < 1.29 is 0 Å². The first-order valence-electron chi connectivity index (χ1n) is 7.16. The van der Waals surface area contributed by atoms with Gasteiger partial charge in [0.2, 0.25) is 0 Å². The highest BCUT2D eigenvalue weighted by Crippen LogP contribution is 2.29. The van der Waals surface area contributed by atoms with Crippen LogP contribution in [0.3, 0.4) is 0 Å². The van der Waals surface area contributed by atoms with E-state index in [2.05, 4.69) is 28.4 Å². The minimum atomic E-state index is 0.690. The molecular weight excluding hydrogens is 254 g/mol. The molecule has 0 amide bonds. The maximum Gasteiger partial charge on any atom is 0.0317 e. The van der Waals surface area contributed by atoms with Gasteiger partial charge in [-0.3, -0.25) is 4.72 Å². The maximum absolute atomic E-state index is 5.88. The molecule has 2 rings (SSSR count). The zero-order valence-corrected chi connectivity index (χ0v) is 13.1. The van der Waals surface area contributed by atoms with Crippen LogP contribution in [0.5, 0.6) is 0 Å². The quantitative estimate of drug-likeness (QED) is 0.586. The van der Waals surface area contributed by atoms with E-state index >= 15 is 0 Å². The van der Waals surface area contributed by atoms with Gasteiger partial charge in [-0.25, -0.2) is 0 Å². The number of nitrogens with one attached hydrogen (secondary N) is 2. The number of rotatable bonds is 4. The Balaban J connectivity index is 0.000000861. The molecule has 0 unspecified atom stereocenters. The second-order valence-corrected chi connectivity index (χ2v) is 5.20. The van der Waals surface area contributed by atoms with Gasteiger partial charge in [-0.2, -0.15) is 0 Å². The molecule has 1 aliphatic rings. The van der Waals surface area contributed by atoms with Gasteiger partial charge in [0.15, 0.2) is 0 Å². The fraction of sp³-hybridized carbons (Fsp3) is 0.600. The van der Waals surface area contributed by atoms with Crippen LogP contribution in [-0.4, -0.2) is 19.3 Å². The molecule has 0 bridgehead atoms. The minimum Gasteiger partial charge on any atom is -0.399 e. The van der Waals surface area contributed by atoms with Gasteiger partial charge in [-0.15, -0.1) is 0 Å². The molecule has 0 atom stereocenters. The van der Waals surface area contributed by atoms with Gasteiger partial charge in [0, 0.05) is 12.2 Å². The molecule has 0 aromatic heterocycles. The lowest BCUT2D eigenvalue weighted by molar-refractivity contribution is 0.458. The van der Waals surface area contributed by atoms with Crippen molar-refractivity contribution in [1.29, 1.82) is 0 Å². The summed E-state index contributed by atoms with van der Waals surface area (Å²) in [5, 5.41) is 3.41. The van der Waals surface area contributed by atoms with Crippen LogP contribution >= 0.6 is 11.9 Å².